The third kappa shape index (κ3) is 2.01. The number of nitrogens with zero attached hydrogens (tertiary/aromatic N) is 3. The molecule has 62 valence electrons. The van der Waals surface area contributed by atoms with E-state index in [4.69, 9.17) is 5.11 Å². The highest BCUT2D eigenvalue weighted by Crippen LogP contribution is 1.98. The zero-order chi connectivity index (χ0) is 8.10. The van der Waals surface area contributed by atoms with Gasteiger partial charge in [-0.1, -0.05) is 13.3 Å². The van der Waals surface area contributed by atoms with Gasteiger partial charge in [-0.2, -0.15) is 0 Å². The van der Waals surface area contributed by atoms with Gasteiger partial charge < -0.3 is 9.67 Å². The molecule has 0 unspecified atom stereocenters. The summed E-state index contributed by atoms with van der Waals surface area (Å²) in [6, 6.07) is 0. The van der Waals surface area contributed by atoms with Crippen LogP contribution in [0, 0.1) is 0 Å². The summed E-state index contributed by atoms with van der Waals surface area (Å²) >= 11 is 0. The van der Waals surface area contributed by atoms with Crippen LogP contribution in [0.25, 0.3) is 0 Å². The van der Waals surface area contributed by atoms with Crippen LogP contribution in [-0.4, -0.2) is 19.9 Å². The van der Waals surface area contributed by atoms with E-state index >= 15 is 0 Å². The Kier molecular flexibility index (Phi) is 3.04. The number of unbranched alkanes of at least 4 members (excludes halogenated alkanes) is 1. The molecule has 11 heavy (non-hydrogen) atoms. The van der Waals surface area contributed by atoms with Gasteiger partial charge in [-0.25, -0.2) is 0 Å². The first-order valence-electron chi connectivity index (χ1n) is 3.86. The van der Waals surface area contributed by atoms with Crippen molar-refractivity contribution >= 4 is 0 Å². The minimum absolute atomic E-state index is 0.0241. The monoisotopic (exact) mass is 155 g/mol. The summed E-state index contributed by atoms with van der Waals surface area (Å²) in [7, 11) is 0. The fourth-order valence-electron chi connectivity index (χ4n) is 0.917. The summed E-state index contributed by atoms with van der Waals surface area (Å²) < 4.78 is 1.88. The molecule has 0 aromatic carbocycles. The third-order valence-corrected chi connectivity index (χ3v) is 1.59. The lowest BCUT2D eigenvalue weighted by atomic mass is 10.3. The van der Waals surface area contributed by atoms with E-state index in [1.54, 1.807) is 6.33 Å². The summed E-state index contributed by atoms with van der Waals surface area (Å²) in [5, 5.41) is 16.2. The van der Waals surface area contributed by atoms with E-state index in [1.807, 2.05) is 4.57 Å². The molecule has 4 heteroatoms. The zero-order valence-corrected chi connectivity index (χ0v) is 6.69. The molecule has 0 spiro atoms. The lowest BCUT2D eigenvalue weighted by Crippen LogP contribution is -2.02. The number of hydrogen-bond donors (Lipinski definition) is 1. The fraction of sp³-hybridized carbons (Fsp3) is 0.714. The molecule has 0 saturated carbocycles. The molecule has 0 bridgehead atoms. The Labute approximate surface area is 65.9 Å². The molecule has 1 aromatic heterocycles. The lowest BCUT2D eigenvalue weighted by molar-refractivity contribution is 0.264. The molecule has 0 saturated heterocycles. The third-order valence-electron chi connectivity index (χ3n) is 1.59. The maximum atomic E-state index is 8.78. The Morgan fingerprint density at radius 1 is 1.64 bits per heavy atom. The maximum absolute atomic E-state index is 8.78. The van der Waals surface area contributed by atoms with Crippen LogP contribution in [0.1, 0.15) is 25.6 Å². The van der Waals surface area contributed by atoms with Crippen molar-refractivity contribution in [2.24, 2.45) is 0 Å². The van der Waals surface area contributed by atoms with Gasteiger partial charge in [0.2, 0.25) is 0 Å². The standard InChI is InChI=1S/C7H13N3O/c1-2-3-4-10-6-8-9-7(10)5-11/h6,11H,2-5H2,1H3. The largest absolute Gasteiger partial charge is 0.388 e. The smallest absolute Gasteiger partial charge is 0.158 e. The summed E-state index contributed by atoms with van der Waals surface area (Å²) in [6.45, 7) is 3.01. The van der Waals surface area contributed by atoms with Gasteiger partial charge in [-0.15, -0.1) is 10.2 Å². The van der Waals surface area contributed by atoms with E-state index < -0.39 is 0 Å². The maximum Gasteiger partial charge on any atom is 0.158 e. The van der Waals surface area contributed by atoms with E-state index in [2.05, 4.69) is 17.1 Å². The highest BCUT2D eigenvalue weighted by atomic mass is 16.3. The number of aliphatic hydroxyl groups excluding tert-OH is 1. The second-order valence-corrected chi connectivity index (χ2v) is 2.45. The minimum atomic E-state index is -0.0241. The average Bonchev–Trinajstić information content (AvgIpc) is 2.47. The predicted octanol–water partition coefficient (Wildman–Crippen LogP) is 0.571. The molecule has 0 fully saturated rings. The van der Waals surface area contributed by atoms with Crippen molar-refractivity contribution in [1.29, 1.82) is 0 Å². The summed E-state index contributed by atoms with van der Waals surface area (Å²) in [4.78, 5) is 0. The Morgan fingerprint density at radius 2 is 2.45 bits per heavy atom. The molecule has 0 aliphatic rings. The van der Waals surface area contributed by atoms with Gasteiger partial charge in [0.15, 0.2) is 5.82 Å². The van der Waals surface area contributed by atoms with Crippen molar-refractivity contribution in [3.63, 3.8) is 0 Å². The van der Waals surface area contributed by atoms with Gasteiger partial charge in [0.05, 0.1) is 0 Å². The Balaban J connectivity index is 2.54. The number of hydrogen-bond acceptors (Lipinski definition) is 3. The van der Waals surface area contributed by atoms with E-state index in [0.717, 1.165) is 19.4 Å². The van der Waals surface area contributed by atoms with Crippen LogP contribution in [-0.2, 0) is 13.2 Å². The lowest BCUT2D eigenvalue weighted by Gasteiger charge is -2.01. The van der Waals surface area contributed by atoms with E-state index in [1.165, 1.54) is 0 Å². The molecule has 1 heterocycles. The molecule has 1 aromatic rings. The molecule has 1 N–H and O–H groups in total. The van der Waals surface area contributed by atoms with Crippen molar-refractivity contribution in [1.82, 2.24) is 14.8 Å². The van der Waals surface area contributed by atoms with Crippen LogP contribution in [0.15, 0.2) is 6.33 Å². The first kappa shape index (κ1) is 8.20. The molecule has 0 atom stereocenters. The minimum Gasteiger partial charge on any atom is -0.388 e. The topological polar surface area (TPSA) is 50.9 Å². The van der Waals surface area contributed by atoms with Gasteiger partial charge in [0.1, 0.15) is 12.9 Å². The molecular weight excluding hydrogens is 142 g/mol. The van der Waals surface area contributed by atoms with Crippen molar-refractivity contribution in [3.05, 3.63) is 12.2 Å². The van der Waals surface area contributed by atoms with Gasteiger partial charge >= 0.3 is 0 Å². The van der Waals surface area contributed by atoms with Gasteiger partial charge in [0.25, 0.3) is 0 Å². The normalized spacial score (nSPS) is 10.4. The van der Waals surface area contributed by atoms with Crippen LogP contribution in [0.4, 0.5) is 0 Å². The second-order valence-electron chi connectivity index (χ2n) is 2.45. The van der Waals surface area contributed by atoms with Crippen molar-refractivity contribution in [2.45, 2.75) is 32.9 Å². The fourth-order valence-corrected chi connectivity index (χ4v) is 0.917. The van der Waals surface area contributed by atoms with E-state index in [-0.39, 0.29) is 6.61 Å². The number of aromatic nitrogens is 3. The molecule has 0 radical (unpaired) electrons. The average molecular weight is 155 g/mol. The van der Waals surface area contributed by atoms with Crippen molar-refractivity contribution in [2.75, 3.05) is 0 Å². The summed E-state index contributed by atoms with van der Waals surface area (Å²) in [5.74, 6) is 0.651. The van der Waals surface area contributed by atoms with Crippen LogP contribution in [0.3, 0.4) is 0 Å². The van der Waals surface area contributed by atoms with Crippen LogP contribution < -0.4 is 0 Å². The van der Waals surface area contributed by atoms with Gasteiger partial charge in [0, 0.05) is 6.54 Å². The van der Waals surface area contributed by atoms with Crippen LogP contribution in [0.5, 0.6) is 0 Å². The summed E-state index contributed by atoms with van der Waals surface area (Å²) in [5.41, 5.74) is 0. The molecule has 0 aliphatic heterocycles. The molecule has 0 amide bonds. The quantitative estimate of drug-likeness (QED) is 0.691. The SMILES string of the molecule is CCCCn1cnnc1CO. The first-order chi connectivity index (χ1) is 5.38. The van der Waals surface area contributed by atoms with Gasteiger partial charge in [-0.05, 0) is 6.42 Å². The molecular formula is C7H13N3O. The first-order valence-corrected chi connectivity index (χ1v) is 3.86. The Morgan fingerprint density at radius 3 is 3.09 bits per heavy atom. The Bertz CT molecular complexity index is 209. The molecule has 1 rings (SSSR count). The van der Waals surface area contributed by atoms with Crippen molar-refractivity contribution in [3.8, 4) is 0 Å². The Hall–Kier alpha value is -0.900. The highest BCUT2D eigenvalue weighted by molar-refractivity contribution is 4.81. The zero-order valence-electron chi connectivity index (χ0n) is 6.69. The van der Waals surface area contributed by atoms with Crippen LogP contribution in [0.2, 0.25) is 0 Å². The highest BCUT2D eigenvalue weighted by Gasteiger charge is 1.99. The second kappa shape index (κ2) is 4.08. The predicted molar refractivity (Wildman–Crippen MR) is 40.9 cm³/mol. The number of aryl methyl sites for hydroxylation is 1. The van der Waals surface area contributed by atoms with E-state index in [0.29, 0.717) is 5.82 Å². The summed E-state index contributed by atoms with van der Waals surface area (Å²) in [6.07, 6.45) is 3.90. The molecule has 0 aliphatic carbocycles. The number of aliphatic hydroxyl groups is 1. The molecule has 4 nitrogen and oxygen atoms in total. The van der Waals surface area contributed by atoms with Gasteiger partial charge in [-0.3, -0.25) is 0 Å². The van der Waals surface area contributed by atoms with Crippen molar-refractivity contribution < 1.29 is 5.11 Å². The van der Waals surface area contributed by atoms with E-state index in [9.17, 15) is 0 Å². The number of rotatable bonds is 4. The van der Waals surface area contributed by atoms with Crippen LogP contribution >= 0.6 is 0 Å².